The summed E-state index contributed by atoms with van der Waals surface area (Å²) >= 11 is 0. The van der Waals surface area contributed by atoms with Gasteiger partial charge in [0.15, 0.2) is 0 Å². The van der Waals surface area contributed by atoms with Crippen LogP contribution < -0.4 is 0 Å². The van der Waals surface area contributed by atoms with E-state index in [4.69, 9.17) is 5.11 Å². The van der Waals surface area contributed by atoms with Crippen molar-refractivity contribution >= 4 is 12.2 Å². The summed E-state index contributed by atoms with van der Waals surface area (Å²) < 4.78 is 0. The van der Waals surface area contributed by atoms with E-state index in [0.717, 1.165) is 0 Å². The molecule has 0 fully saturated rings. The van der Waals surface area contributed by atoms with Crippen LogP contribution in [0.3, 0.4) is 0 Å². The van der Waals surface area contributed by atoms with Gasteiger partial charge in [0.05, 0.1) is 0 Å². The number of aliphatic imine (C=N–C) groups is 1. The lowest BCUT2D eigenvalue weighted by Gasteiger charge is -1.98. The van der Waals surface area contributed by atoms with Crippen LogP contribution >= 0.6 is 0 Å². The van der Waals surface area contributed by atoms with E-state index in [9.17, 15) is 4.79 Å². The van der Waals surface area contributed by atoms with E-state index >= 15 is 0 Å². The predicted octanol–water partition coefficient (Wildman–Crippen LogP) is 0.550. The number of carboxylic acid groups (broad SMARTS) is 1. The molecule has 0 bridgehead atoms. The molecule has 1 aliphatic heterocycles. The molecular formula is C6H9NO2. The molecule has 2 atom stereocenters. The van der Waals surface area contributed by atoms with E-state index in [1.165, 1.54) is 0 Å². The maximum atomic E-state index is 10.2. The summed E-state index contributed by atoms with van der Waals surface area (Å²) in [4.78, 5) is 14.0. The molecule has 0 saturated heterocycles. The first-order chi connectivity index (χ1) is 4.20. The van der Waals surface area contributed by atoms with Crippen LogP contribution in [0.25, 0.3) is 0 Å². The lowest BCUT2D eigenvalue weighted by molar-refractivity contribution is -0.138. The molecule has 0 aromatic rings. The van der Waals surface area contributed by atoms with E-state index < -0.39 is 12.0 Å². The van der Waals surface area contributed by atoms with Crippen LogP contribution in [0.5, 0.6) is 0 Å². The highest BCUT2D eigenvalue weighted by molar-refractivity contribution is 5.79. The van der Waals surface area contributed by atoms with Gasteiger partial charge in [0.25, 0.3) is 0 Å². The van der Waals surface area contributed by atoms with Gasteiger partial charge in [-0.2, -0.15) is 0 Å². The molecule has 0 amide bonds. The number of carboxylic acids is 1. The summed E-state index contributed by atoms with van der Waals surface area (Å²) in [6.45, 7) is 1.96. The van der Waals surface area contributed by atoms with Gasteiger partial charge >= 0.3 is 5.97 Å². The Labute approximate surface area is 53.4 Å². The van der Waals surface area contributed by atoms with Crippen molar-refractivity contribution in [2.45, 2.75) is 19.4 Å². The first-order valence-corrected chi connectivity index (χ1v) is 2.96. The Kier molecular flexibility index (Phi) is 1.51. The van der Waals surface area contributed by atoms with E-state index in [1.807, 2.05) is 6.92 Å². The van der Waals surface area contributed by atoms with Crippen LogP contribution in [0.2, 0.25) is 0 Å². The van der Waals surface area contributed by atoms with Crippen molar-refractivity contribution in [2.75, 3.05) is 0 Å². The molecule has 0 spiro atoms. The number of rotatable bonds is 1. The minimum atomic E-state index is -0.810. The van der Waals surface area contributed by atoms with Crippen molar-refractivity contribution in [3.05, 3.63) is 0 Å². The predicted molar refractivity (Wildman–Crippen MR) is 33.7 cm³/mol. The van der Waals surface area contributed by atoms with Gasteiger partial charge in [-0.3, -0.25) is 4.99 Å². The second-order valence-electron chi connectivity index (χ2n) is 2.37. The maximum absolute atomic E-state index is 10.2. The van der Waals surface area contributed by atoms with Crippen LogP contribution in [-0.4, -0.2) is 23.3 Å². The fraction of sp³-hybridized carbons (Fsp3) is 0.667. The van der Waals surface area contributed by atoms with Crippen molar-refractivity contribution in [1.82, 2.24) is 0 Å². The second kappa shape index (κ2) is 2.17. The molecule has 1 aliphatic rings. The molecule has 3 nitrogen and oxygen atoms in total. The zero-order valence-electron chi connectivity index (χ0n) is 5.24. The average Bonchev–Trinajstić information content (AvgIpc) is 2.14. The van der Waals surface area contributed by atoms with Gasteiger partial charge in [-0.1, -0.05) is 6.92 Å². The van der Waals surface area contributed by atoms with Crippen molar-refractivity contribution in [2.24, 2.45) is 10.9 Å². The molecule has 1 rings (SSSR count). The number of nitrogens with zero attached hydrogens (tertiary/aromatic N) is 1. The molecule has 0 aromatic carbocycles. The molecule has 0 radical (unpaired) electrons. The van der Waals surface area contributed by atoms with Gasteiger partial charge < -0.3 is 5.11 Å². The molecule has 1 heterocycles. The third-order valence-electron chi connectivity index (χ3n) is 1.40. The first kappa shape index (κ1) is 6.26. The molecule has 0 unspecified atom stereocenters. The Morgan fingerprint density at radius 3 is 2.78 bits per heavy atom. The standard InChI is InChI=1S/C6H9NO2/c1-4-2-5(6(8)9)7-3-4/h3-5H,2H2,1H3,(H,8,9)/t4-,5-/m0/s1. The Morgan fingerprint density at radius 1 is 1.89 bits per heavy atom. The van der Waals surface area contributed by atoms with Crippen molar-refractivity contribution in [3.8, 4) is 0 Å². The van der Waals surface area contributed by atoms with Gasteiger partial charge in [0, 0.05) is 6.21 Å². The van der Waals surface area contributed by atoms with E-state index in [0.29, 0.717) is 12.3 Å². The Balaban J connectivity index is 2.50. The fourth-order valence-electron chi connectivity index (χ4n) is 0.889. The topological polar surface area (TPSA) is 49.7 Å². The van der Waals surface area contributed by atoms with E-state index in [1.54, 1.807) is 6.21 Å². The summed E-state index contributed by atoms with van der Waals surface area (Å²) in [6, 6.07) is -0.472. The van der Waals surface area contributed by atoms with Crippen LogP contribution in [0.15, 0.2) is 4.99 Å². The number of carbonyl (C=O) groups is 1. The minimum Gasteiger partial charge on any atom is -0.480 e. The lowest BCUT2D eigenvalue weighted by atomic mass is 10.1. The summed E-state index contributed by atoms with van der Waals surface area (Å²) in [5.41, 5.74) is 0. The van der Waals surface area contributed by atoms with Crippen LogP contribution in [0, 0.1) is 5.92 Å². The highest BCUT2D eigenvalue weighted by Crippen LogP contribution is 2.13. The first-order valence-electron chi connectivity index (χ1n) is 2.96. The maximum Gasteiger partial charge on any atom is 0.328 e. The van der Waals surface area contributed by atoms with Crippen molar-refractivity contribution in [1.29, 1.82) is 0 Å². The van der Waals surface area contributed by atoms with Gasteiger partial charge in [-0.15, -0.1) is 0 Å². The molecule has 0 saturated carbocycles. The Hall–Kier alpha value is -0.860. The Morgan fingerprint density at radius 2 is 2.56 bits per heavy atom. The third kappa shape index (κ3) is 1.28. The molecule has 0 aliphatic carbocycles. The van der Waals surface area contributed by atoms with Crippen molar-refractivity contribution in [3.63, 3.8) is 0 Å². The van der Waals surface area contributed by atoms with Crippen LogP contribution in [-0.2, 0) is 4.79 Å². The van der Waals surface area contributed by atoms with E-state index in [2.05, 4.69) is 4.99 Å². The third-order valence-corrected chi connectivity index (χ3v) is 1.40. The monoisotopic (exact) mass is 127 g/mol. The fourth-order valence-corrected chi connectivity index (χ4v) is 0.889. The SMILES string of the molecule is C[C@@H]1C=N[C@H](C(=O)O)C1. The molecule has 0 aromatic heterocycles. The zero-order chi connectivity index (χ0) is 6.85. The summed E-state index contributed by atoms with van der Waals surface area (Å²) in [7, 11) is 0. The summed E-state index contributed by atoms with van der Waals surface area (Å²) in [5, 5.41) is 8.42. The van der Waals surface area contributed by atoms with Crippen LogP contribution in [0.1, 0.15) is 13.3 Å². The molecule has 50 valence electrons. The van der Waals surface area contributed by atoms with E-state index in [-0.39, 0.29) is 0 Å². The summed E-state index contributed by atoms with van der Waals surface area (Å²) in [5.74, 6) is -0.471. The highest BCUT2D eigenvalue weighted by atomic mass is 16.4. The van der Waals surface area contributed by atoms with Crippen molar-refractivity contribution < 1.29 is 9.90 Å². The lowest BCUT2D eigenvalue weighted by Crippen LogP contribution is -2.15. The number of hydrogen-bond donors (Lipinski definition) is 1. The number of hydrogen-bond acceptors (Lipinski definition) is 2. The quantitative estimate of drug-likeness (QED) is 0.559. The summed E-state index contributed by atoms with van der Waals surface area (Å²) in [6.07, 6.45) is 2.37. The minimum absolute atomic E-state index is 0.339. The largest absolute Gasteiger partial charge is 0.480 e. The normalized spacial score (nSPS) is 33.0. The van der Waals surface area contributed by atoms with Gasteiger partial charge in [-0.05, 0) is 12.3 Å². The molecule has 3 heteroatoms. The molecule has 9 heavy (non-hydrogen) atoms. The van der Waals surface area contributed by atoms with Crippen LogP contribution in [0.4, 0.5) is 0 Å². The highest BCUT2D eigenvalue weighted by Gasteiger charge is 2.22. The average molecular weight is 127 g/mol. The number of aliphatic carboxylic acids is 1. The second-order valence-corrected chi connectivity index (χ2v) is 2.37. The van der Waals surface area contributed by atoms with Gasteiger partial charge in [-0.25, -0.2) is 4.79 Å². The Bertz CT molecular complexity index is 153. The smallest absolute Gasteiger partial charge is 0.328 e. The zero-order valence-corrected chi connectivity index (χ0v) is 5.24. The van der Waals surface area contributed by atoms with Gasteiger partial charge in [0.1, 0.15) is 6.04 Å². The molecular weight excluding hydrogens is 118 g/mol. The van der Waals surface area contributed by atoms with Gasteiger partial charge in [0.2, 0.25) is 0 Å². The molecule has 1 N–H and O–H groups in total.